The van der Waals surface area contributed by atoms with Gasteiger partial charge in [-0.05, 0) is 52.9 Å². The van der Waals surface area contributed by atoms with Crippen molar-refractivity contribution in [1.29, 1.82) is 0 Å². The first-order valence-electron chi connectivity index (χ1n) is 9.66. The SMILES string of the molecule is Fc1cccc(SC=CC(=Nc2ccccc2)c2ccc(-c3ccccc3)cc2)c1. The Kier molecular flexibility index (Phi) is 6.53. The average molecular weight is 410 g/mol. The van der Waals surface area contributed by atoms with Crippen LogP contribution in [0.5, 0.6) is 0 Å². The van der Waals surface area contributed by atoms with Gasteiger partial charge in [0.1, 0.15) is 5.82 Å². The fraction of sp³-hybridized carbons (Fsp3) is 0. The third-order valence-corrected chi connectivity index (χ3v) is 5.32. The second kappa shape index (κ2) is 9.86. The number of halogens is 1. The van der Waals surface area contributed by atoms with Crippen LogP contribution in [0.15, 0.2) is 131 Å². The third-order valence-electron chi connectivity index (χ3n) is 4.52. The summed E-state index contributed by atoms with van der Waals surface area (Å²) in [5, 5.41) is 1.95. The van der Waals surface area contributed by atoms with Crippen molar-refractivity contribution >= 4 is 23.2 Å². The Hall–Kier alpha value is -3.43. The van der Waals surface area contributed by atoms with Crippen LogP contribution in [0.4, 0.5) is 10.1 Å². The first kappa shape index (κ1) is 19.9. The zero-order valence-electron chi connectivity index (χ0n) is 16.3. The van der Waals surface area contributed by atoms with Crippen molar-refractivity contribution in [2.75, 3.05) is 0 Å². The number of rotatable bonds is 6. The molecular weight excluding hydrogens is 389 g/mol. The molecular formula is C27H20FNS. The van der Waals surface area contributed by atoms with Crippen molar-refractivity contribution in [2.24, 2.45) is 4.99 Å². The maximum Gasteiger partial charge on any atom is 0.124 e. The van der Waals surface area contributed by atoms with Gasteiger partial charge in [0.05, 0.1) is 11.4 Å². The molecule has 0 radical (unpaired) electrons. The van der Waals surface area contributed by atoms with Crippen molar-refractivity contribution in [3.8, 4) is 11.1 Å². The number of allylic oxidation sites excluding steroid dienone is 1. The summed E-state index contributed by atoms with van der Waals surface area (Å²) in [7, 11) is 0. The summed E-state index contributed by atoms with van der Waals surface area (Å²) in [6, 6.07) is 35.1. The molecule has 0 unspecified atom stereocenters. The van der Waals surface area contributed by atoms with E-state index in [1.54, 1.807) is 6.07 Å². The van der Waals surface area contributed by atoms with Gasteiger partial charge in [-0.3, -0.25) is 0 Å². The number of aliphatic imine (C=N–C) groups is 1. The Morgan fingerprint density at radius 2 is 1.37 bits per heavy atom. The van der Waals surface area contributed by atoms with Crippen LogP contribution in [-0.2, 0) is 0 Å². The molecule has 4 aromatic rings. The number of benzene rings is 4. The minimum Gasteiger partial charge on any atom is -0.248 e. The number of hydrogen-bond acceptors (Lipinski definition) is 2. The van der Waals surface area contributed by atoms with E-state index in [4.69, 9.17) is 4.99 Å². The van der Waals surface area contributed by atoms with E-state index in [0.717, 1.165) is 27.4 Å². The molecule has 0 heterocycles. The van der Waals surface area contributed by atoms with Crippen LogP contribution in [0.3, 0.4) is 0 Å². The van der Waals surface area contributed by atoms with Crippen molar-refractivity contribution in [3.63, 3.8) is 0 Å². The lowest BCUT2D eigenvalue weighted by molar-refractivity contribution is 0.624. The fourth-order valence-corrected chi connectivity index (χ4v) is 3.71. The topological polar surface area (TPSA) is 12.4 Å². The van der Waals surface area contributed by atoms with Gasteiger partial charge in [0, 0.05) is 10.5 Å². The zero-order valence-corrected chi connectivity index (χ0v) is 17.1. The molecule has 0 aliphatic heterocycles. The Morgan fingerprint density at radius 1 is 0.700 bits per heavy atom. The first-order valence-corrected chi connectivity index (χ1v) is 10.5. The molecule has 0 bridgehead atoms. The molecule has 0 saturated carbocycles. The highest BCUT2D eigenvalue weighted by molar-refractivity contribution is 8.02. The van der Waals surface area contributed by atoms with Crippen LogP contribution in [0.25, 0.3) is 11.1 Å². The molecule has 0 N–H and O–H groups in total. The van der Waals surface area contributed by atoms with Crippen molar-refractivity contribution in [2.45, 2.75) is 4.90 Å². The lowest BCUT2D eigenvalue weighted by Crippen LogP contribution is -1.96. The predicted octanol–water partition coefficient (Wildman–Crippen LogP) is 7.92. The molecule has 0 spiro atoms. The molecule has 0 saturated heterocycles. The third kappa shape index (κ3) is 5.34. The van der Waals surface area contributed by atoms with Crippen molar-refractivity contribution in [1.82, 2.24) is 0 Å². The van der Waals surface area contributed by atoms with Crippen LogP contribution in [0.1, 0.15) is 5.56 Å². The predicted molar refractivity (Wildman–Crippen MR) is 126 cm³/mol. The average Bonchev–Trinajstić information content (AvgIpc) is 2.80. The first-order chi connectivity index (χ1) is 14.8. The highest BCUT2D eigenvalue weighted by atomic mass is 32.2. The van der Waals surface area contributed by atoms with Gasteiger partial charge in [0.15, 0.2) is 0 Å². The summed E-state index contributed by atoms with van der Waals surface area (Å²) < 4.78 is 13.4. The number of nitrogens with zero attached hydrogens (tertiary/aromatic N) is 1. The van der Waals surface area contributed by atoms with Crippen LogP contribution < -0.4 is 0 Å². The highest BCUT2D eigenvalue weighted by Gasteiger charge is 2.03. The quantitative estimate of drug-likeness (QED) is 0.233. The van der Waals surface area contributed by atoms with Gasteiger partial charge in [-0.15, -0.1) is 0 Å². The molecule has 0 aliphatic rings. The Labute approximate surface area is 180 Å². The minimum atomic E-state index is -0.233. The van der Waals surface area contributed by atoms with Gasteiger partial charge in [-0.25, -0.2) is 9.38 Å². The second-order valence-corrected chi connectivity index (χ2v) is 7.63. The fourth-order valence-electron chi connectivity index (χ4n) is 3.02. The van der Waals surface area contributed by atoms with Gasteiger partial charge in [-0.1, -0.05) is 90.6 Å². The van der Waals surface area contributed by atoms with E-state index in [1.165, 1.54) is 29.5 Å². The maximum atomic E-state index is 13.4. The summed E-state index contributed by atoms with van der Waals surface area (Å²) >= 11 is 1.47. The highest BCUT2D eigenvalue weighted by Crippen LogP contribution is 2.23. The molecule has 146 valence electrons. The number of thioether (sulfide) groups is 1. The van der Waals surface area contributed by atoms with Crippen LogP contribution >= 0.6 is 11.8 Å². The van der Waals surface area contributed by atoms with Crippen LogP contribution in [-0.4, -0.2) is 5.71 Å². The van der Waals surface area contributed by atoms with Crippen LogP contribution in [0.2, 0.25) is 0 Å². The van der Waals surface area contributed by atoms with Gasteiger partial charge in [0.2, 0.25) is 0 Å². The zero-order chi connectivity index (χ0) is 20.6. The molecule has 1 nitrogen and oxygen atoms in total. The number of hydrogen-bond donors (Lipinski definition) is 0. The van der Waals surface area contributed by atoms with Crippen molar-refractivity contribution in [3.05, 3.63) is 132 Å². The largest absolute Gasteiger partial charge is 0.248 e. The molecule has 0 atom stereocenters. The molecule has 30 heavy (non-hydrogen) atoms. The van der Waals surface area contributed by atoms with Gasteiger partial charge in [-0.2, -0.15) is 0 Å². The van der Waals surface area contributed by atoms with E-state index in [-0.39, 0.29) is 5.82 Å². The Balaban J connectivity index is 1.62. The summed E-state index contributed by atoms with van der Waals surface area (Å²) in [6.07, 6.45) is 1.97. The van der Waals surface area contributed by atoms with E-state index < -0.39 is 0 Å². The second-order valence-electron chi connectivity index (χ2n) is 6.65. The lowest BCUT2D eigenvalue weighted by atomic mass is 10.0. The standard InChI is InChI=1S/C27H20FNS/c28-24-10-7-13-26(20-24)30-19-18-27(29-25-11-5-2-6-12-25)23-16-14-22(15-17-23)21-8-3-1-4-9-21/h1-20H. The monoisotopic (exact) mass is 409 g/mol. The van der Waals surface area contributed by atoms with E-state index in [9.17, 15) is 4.39 Å². The molecule has 3 heteroatoms. The normalized spacial score (nSPS) is 11.7. The lowest BCUT2D eigenvalue weighted by Gasteiger charge is -2.06. The smallest absolute Gasteiger partial charge is 0.124 e. The molecule has 0 amide bonds. The summed E-state index contributed by atoms with van der Waals surface area (Å²) in [4.78, 5) is 5.67. The minimum absolute atomic E-state index is 0.233. The molecule has 0 fully saturated rings. The van der Waals surface area contributed by atoms with Gasteiger partial charge >= 0.3 is 0 Å². The Bertz CT molecular complexity index is 1150. The summed E-state index contributed by atoms with van der Waals surface area (Å²) in [5.74, 6) is -0.233. The Morgan fingerprint density at radius 3 is 2.07 bits per heavy atom. The molecule has 0 aromatic heterocycles. The van der Waals surface area contributed by atoms with Gasteiger partial charge in [0.25, 0.3) is 0 Å². The summed E-state index contributed by atoms with van der Waals surface area (Å²) in [6.45, 7) is 0. The van der Waals surface area contributed by atoms with E-state index in [0.29, 0.717) is 0 Å². The van der Waals surface area contributed by atoms with Gasteiger partial charge < -0.3 is 0 Å². The maximum absolute atomic E-state index is 13.4. The van der Waals surface area contributed by atoms with E-state index >= 15 is 0 Å². The molecule has 4 rings (SSSR count). The van der Waals surface area contributed by atoms with E-state index in [1.807, 2.05) is 66.1 Å². The number of para-hydroxylation sites is 1. The summed E-state index contributed by atoms with van der Waals surface area (Å²) in [5.41, 5.74) is 5.11. The van der Waals surface area contributed by atoms with E-state index in [2.05, 4.69) is 36.4 Å². The van der Waals surface area contributed by atoms with Crippen molar-refractivity contribution < 1.29 is 4.39 Å². The van der Waals surface area contributed by atoms with Crippen LogP contribution in [0, 0.1) is 5.82 Å². The molecule has 4 aromatic carbocycles. The molecule has 0 aliphatic carbocycles.